The molecule has 6 heteroatoms. The molecule has 0 spiro atoms. The van der Waals surface area contributed by atoms with Gasteiger partial charge in [0.15, 0.2) is 0 Å². The van der Waals surface area contributed by atoms with Crippen LogP contribution in [0.5, 0.6) is 0 Å². The topological polar surface area (TPSA) is 52.6 Å². The number of halogens is 2. The summed E-state index contributed by atoms with van der Waals surface area (Å²) in [6.07, 6.45) is -1.95. The van der Waals surface area contributed by atoms with Gasteiger partial charge in [-0.3, -0.25) is 9.59 Å². The summed E-state index contributed by atoms with van der Waals surface area (Å²) in [4.78, 5) is 23.7. The van der Waals surface area contributed by atoms with Crippen molar-refractivity contribution in [1.29, 1.82) is 0 Å². The van der Waals surface area contributed by atoms with Crippen molar-refractivity contribution in [1.82, 2.24) is 0 Å². The Morgan fingerprint density at radius 1 is 0.769 bits per heavy atom. The van der Waals surface area contributed by atoms with Crippen LogP contribution in [0.4, 0.5) is 8.78 Å². The Morgan fingerprint density at radius 2 is 1.12 bits per heavy atom. The van der Waals surface area contributed by atoms with Crippen molar-refractivity contribution in [2.45, 2.75) is 38.9 Å². The van der Waals surface area contributed by atoms with Crippen LogP contribution >= 0.6 is 0 Å². The van der Waals surface area contributed by atoms with Crippen molar-refractivity contribution < 1.29 is 27.8 Å². The van der Waals surface area contributed by atoms with E-state index in [1.807, 2.05) is 0 Å². The maximum absolute atomic E-state index is 13.6. The van der Waals surface area contributed by atoms with E-state index >= 15 is 0 Å². The van der Waals surface area contributed by atoms with Crippen molar-refractivity contribution in [2.24, 2.45) is 0 Å². The molecule has 2 aromatic carbocycles. The summed E-state index contributed by atoms with van der Waals surface area (Å²) in [5.74, 6) is -2.22. The summed E-state index contributed by atoms with van der Waals surface area (Å²) in [7, 11) is 0. The van der Waals surface area contributed by atoms with Gasteiger partial charge in [0.2, 0.25) is 0 Å². The van der Waals surface area contributed by atoms with Gasteiger partial charge in [-0.1, -0.05) is 36.4 Å². The number of carbonyl (C=O) groups excluding carboxylic acids is 2. The monoisotopic (exact) mass is 362 g/mol. The molecule has 0 amide bonds. The Labute approximate surface area is 150 Å². The second-order valence-electron chi connectivity index (χ2n) is 5.81. The zero-order chi connectivity index (χ0) is 19.1. The lowest BCUT2D eigenvalue weighted by Crippen LogP contribution is -2.14. The number of hydrogen-bond acceptors (Lipinski definition) is 4. The lowest BCUT2D eigenvalue weighted by molar-refractivity contribution is -0.155. The maximum atomic E-state index is 13.6. The maximum Gasteiger partial charge on any atom is 0.306 e. The zero-order valence-corrected chi connectivity index (χ0v) is 14.6. The fraction of sp³-hybridized carbons (Fsp3) is 0.300. The Morgan fingerprint density at radius 3 is 1.46 bits per heavy atom. The Kier molecular flexibility index (Phi) is 6.83. The van der Waals surface area contributed by atoms with Gasteiger partial charge < -0.3 is 9.47 Å². The van der Waals surface area contributed by atoms with Gasteiger partial charge in [-0.05, 0) is 26.0 Å². The zero-order valence-electron chi connectivity index (χ0n) is 14.6. The quantitative estimate of drug-likeness (QED) is 0.673. The molecule has 0 heterocycles. The minimum absolute atomic E-state index is 0.207. The first kappa shape index (κ1) is 19.6. The van der Waals surface area contributed by atoms with E-state index in [4.69, 9.17) is 9.47 Å². The summed E-state index contributed by atoms with van der Waals surface area (Å²) >= 11 is 0. The average Bonchev–Trinajstić information content (AvgIpc) is 2.60. The van der Waals surface area contributed by atoms with Crippen LogP contribution in [0, 0.1) is 11.6 Å². The van der Waals surface area contributed by atoms with E-state index in [0.29, 0.717) is 0 Å². The van der Waals surface area contributed by atoms with Crippen LogP contribution in [0.15, 0.2) is 48.5 Å². The summed E-state index contributed by atoms with van der Waals surface area (Å²) < 4.78 is 37.6. The lowest BCUT2D eigenvalue weighted by Gasteiger charge is -2.15. The normalized spacial score (nSPS) is 12.9. The van der Waals surface area contributed by atoms with Gasteiger partial charge in [0.25, 0.3) is 0 Å². The number of ether oxygens (including phenoxy) is 2. The van der Waals surface area contributed by atoms with Crippen LogP contribution in [-0.4, -0.2) is 11.9 Å². The highest BCUT2D eigenvalue weighted by Crippen LogP contribution is 2.22. The molecule has 2 unspecified atom stereocenters. The van der Waals surface area contributed by atoms with Crippen molar-refractivity contribution >= 4 is 11.9 Å². The van der Waals surface area contributed by atoms with E-state index in [0.717, 1.165) is 0 Å². The van der Waals surface area contributed by atoms with Crippen LogP contribution in [-0.2, 0) is 19.1 Å². The molecule has 4 nitrogen and oxygen atoms in total. The third-order valence-electron chi connectivity index (χ3n) is 3.84. The highest BCUT2D eigenvalue weighted by atomic mass is 19.1. The molecule has 0 saturated carbocycles. The van der Waals surface area contributed by atoms with Crippen LogP contribution < -0.4 is 0 Å². The summed E-state index contributed by atoms with van der Waals surface area (Å²) in [6.45, 7) is 3.10. The first-order valence-corrected chi connectivity index (χ1v) is 8.26. The first-order valence-electron chi connectivity index (χ1n) is 8.26. The van der Waals surface area contributed by atoms with Gasteiger partial charge in [0.05, 0.1) is 12.8 Å². The smallest absolute Gasteiger partial charge is 0.306 e. The van der Waals surface area contributed by atoms with Crippen molar-refractivity contribution in [3.63, 3.8) is 0 Å². The molecule has 2 rings (SSSR count). The predicted octanol–water partition coefficient (Wildman–Crippen LogP) is 4.65. The molecular weight excluding hydrogens is 342 g/mol. The number of carbonyl (C=O) groups is 2. The van der Waals surface area contributed by atoms with Crippen molar-refractivity contribution in [3.05, 3.63) is 71.3 Å². The molecule has 2 aromatic rings. The van der Waals surface area contributed by atoms with Crippen LogP contribution in [0.2, 0.25) is 0 Å². The molecule has 0 fully saturated rings. The van der Waals surface area contributed by atoms with Gasteiger partial charge in [0.1, 0.15) is 23.8 Å². The fourth-order valence-corrected chi connectivity index (χ4v) is 2.45. The summed E-state index contributed by atoms with van der Waals surface area (Å²) in [5.41, 5.74) is 0.521. The van der Waals surface area contributed by atoms with Crippen LogP contribution in [0.3, 0.4) is 0 Å². The summed E-state index contributed by atoms with van der Waals surface area (Å²) in [6, 6.07) is 12.0. The summed E-state index contributed by atoms with van der Waals surface area (Å²) in [5, 5.41) is 0. The molecule has 0 bridgehead atoms. The van der Waals surface area contributed by atoms with Crippen LogP contribution in [0.25, 0.3) is 0 Å². The molecule has 0 radical (unpaired) electrons. The highest BCUT2D eigenvalue weighted by Gasteiger charge is 2.19. The number of benzene rings is 2. The van der Waals surface area contributed by atoms with Gasteiger partial charge in [-0.2, -0.15) is 0 Å². The Balaban J connectivity index is 1.81. The number of rotatable bonds is 7. The van der Waals surface area contributed by atoms with Crippen LogP contribution in [0.1, 0.15) is 50.0 Å². The molecule has 0 aromatic heterocycles. The molecule has 0 N–H and O–H groups in total. The second kappa shape index (κ2) is 9.08. The highest BCUT2D eigenvalue weighted by molar-refractivity contribution is 5.77. The predicted molar refractivity (Wildman–Crippen MR) is 91.0 cm³/mol. The largest absolute Gasteiger partial charge is 0.458 e. The van der Waals surface area contributed by atoms with E-state index in [-0.39, 0.29) is 24.0 Å². The third-order valence-corrected chi connectivity index (χ3v) is 3.84. The molecule has 26 heavy (non-hydrogen) atoms. The molecule has 2 atom stereocenters. The van der Waals surface area contributed by atoms with Gasteiger partial charge in [-0.25, -0.2) is 8.78 Å². The van der Waals surface area contributed by atoms with E-state index in [2.05, 4.69) is 0 Å². The van der Waals surface area contributed by atoms with Gasteiger partial charge in [0, 0.05) is 11.1 Å². The van der Waals surface area contributed by atoms with E-state index in [1.54, 1.807) is 38.1 Å². The molecule has 0 aliphatic rings. The number of hydrogen-bond donors (Lipinski definition) is 0. The SMILES string of the molecule is CC(OC(=O)CCC(=O)OC(C)c1ccccc1F)c1ccccc1F. The van der Waals surface area contributed by atoms with E-state index in [9.17, 15) is 18.4 Å². The third kappa shape index (κ3) is 5.37. The average molecular weight is 362 g/mol. The molecule has 0 aliphatic heterocycles. The van der Waals surface area contributed by atoms with E-state index in [1.165, 1.54) is 24.3 Å². The van der Waals surface area contributed by atoms with Crippen molar-refractivity contribution in [2.75, 3.05) is 0 Å². The first-order chi connectivity index (χ1) is 12.4. The molecule has 138 valence electrons. The molecule has 0 aliphatic carbocycles. The minimum atomic E-state index is -0.767. The van der Waals surface area contributed by atoms with Gasteiger partial charge >= 0.3 is 11.9 Å². The Hall–Kier alpha value is -2.76. The second-order valence-corrected chi connectivity index (χ2v) is 5.81. The lowest BCUT2D eigenvalue weighted by atomic mass is 10.1. The molecule has 0 saturated heterocycles. The fourth-order valence-electron chi connectivity index (χ4n) is 2.45. The minimum Gasteiger partial charge on any atom is -0.458 e. The number of esters is 2. The van der Waals surface area contributed by atoms with Crippen molar-refractivity contribution in [3.8, 4) is 0 Å². The molecular formula is C20H20F2O4. The standard InChI is InChI=1S/C20H20F2O4/c1-13(15-7-3-5-9-17(15)21)25-19(23)11-12-20(24)26-14(2)16-8-4-6-10-18(16)22/h3-10,13-14H,11-12H2,1-2H3. The Bertz CT molecular complexity index is 710. The van der Waals surface area contributed by atoms with Gasteiger partial charge in [-0.15, -0.1) is 0 Å². The van der Waals surface area contributed by atoms with E-state index < -0.39 is 35.8 Å².